The van der Waals surface area contributed by atoms with Crippen molar-refractivity contribution in [3.63, 3.8) is 0 Å². The molecule has 0 bridgehead atoms. The molecular formula is C27H39N9O3Si. The first-order chi connectivity index (χ1) is 18.8. The predicted molar refractivity (Wildman–Crippen MR) is 156 cm³/mol. The molecule has 1 unspecified atom stereocenters. The van der Waals surface area contributed by atoms with Gasteiger partial charge in [0.25, 0.3) is 5.91 Å². The number of hydrogen-bond donors (Lipinski definition) is 3. The molecule has 12 nitrogen and oxygen atoms in total. The molecule has 2 amide bonds. The van der Waals surface area contributed by atoms with Crippen molar-refractivity contribution in [1.82, 2.24) is 30.1 Å². The Morgan fingerprint density at radius 3 is 2.52 bits per heavy atom. The van der Waals surface area contributed by atoms with E-state index in [1.54, 1.807) is 10.6 Å². The number of aromatic nitrogens is 5. The number of fused-ring (bicyclic) bond motifs is 1. The molecule has 0 radical (unpaired) electrons. The van der Waals surface area contributed by atoms with Crippen molar-refractivity contribution in [3.05, 3.63) is 30.1 Å². The summed E-state index contributed by atoms with van der Waals surface area (Å²) >= 11 is 0. The van der Waals surface area contributed by atoms with E-state index in [9.17, 15) is 9.59 Å². The zero-order valence-electron chi connectivity index (χ0n) is 24.3. The van der Waals surface area contributed by atoms with Crippen molar-refractivity contribution < 1.29 is 14.0 Å². The molecule has 1 saturated carbocycles. The van der Waals surface area contributed by atoms with E-state index in [1.807, 2.05) is 18.3 Å². The molecule has 5 rings (SSSR count). The van der Waals surface area contributed by atoms with Crippen LogP contribution in [0.1, 0.15) is 51.0 Å². The van der Waals surface area contributed by atoms with E-state index in [-0.39, 0.29) is 34.5 Å². The van der Waals surface area contributed by atoms with Crippen LogP contribution in [0.5, 0.6) is 0 Å². The van der Waals surface area contributed by atoms with E-state index < -0.39 is 14.2 Å². The summed E-state index contributed by atoms with van der Waals surface area (Å²) in [6.07, 6.45) is 3.91. The van der Waals surface area contributed by atoms with Gasteiger partial charge in [-0.1, -0.05) is 20.8 Å². The Balaban J connectivity index is 1.28. The summed E-state index contributed by atoms with van der Waals surface area (Å²) in [6, 6.07) is 5.53. The fourth-order valence-electron chi connectivity index (χ4n) is 4.40. The van der Waals surface area contributed by atoms with E-state index in [1.165, 1.54) is 7.05 Å². The highest BCUT2D eigenvalue weighted by Crippen LogP contribution is 2.39. The molecule has 0 aromatic carbocycles. The van der Waals surface area contributed by atoms with Crippen molar-refractivity contribution in [2.75, 3.05) is 35.7 Å². The molecule has 3 N–H and O–H groups in total. The lowest BCUT2D eigenvalue weighted by Crippen LogP contribution is -2.55. The van der Waals surface area contributed by atoms with Gasteiger partial charge >= 0.3 is 0 Å². The summed E-state index contributed by atoms with van der Waals surface area (Å²) in [5.74, 6) is 0.543. The van der Waals surface area contributed by atoms with Crippen LogP contribution in [0.25, 0.3) is 5.65 Å². The number of pyridine rings is 1. The van der Waals surface area contributed by atoms with Gasteiger partial charge in [-0.3, -0.25) is 9.59 Å². The van der Waals surface area contributed by atoms with Crippen LogP contribution in [0, 0.1) is 11.8 Å². The molecule has 1 atom stereocenters. The molecule has 3 aromatic heterocycles. The first-order valence-electron chi connectivity index (χ1n) is 13.8. The third kappa shape index (κ3) is 5.80. The minimum absolute atomic E-state index is 0.0146. The summed E-state index contributed by atoms with van der Waals surface area (Å²) in [7, 11) is -0.294. The quantitative estimate of drug-likeness (QED) is 0.331. The lowest BCUT2D eigenvalue weighted by atomic mass is 9.94. The van der Waals surface area contributed by atoms with Gasteiger partial charge in [0, 0.05) is 44.1 Å². The largest absolute Gasteiger partial charge is 0.414 e. The first kappa shape index (κ1) is 28.0. The highest BCUT2D eigenvalue weighted by Gasteiger charge is 2.42. The summed E-state index contributed by atoms with van der Waals surface area (Å²) in [5.41, 5.74) is 2.13. The van der Waals surface area contributed by atoms with Crippen molar-refractivity contribution in [2.45, 2.75) is 64.8 Å². The topological polar surface area (TPSA) is 139 Å². The maximum Gasteiger partial charge on any atom is 0.273 e. The average Bonchev–Trinajstić information content (AvgIpc) is 3.62. The van der Waals surface area contributed by atoms with E-state index >= 15 is 0 Å². The maximum absolute atomic E-state index is 12.4. The number of rotatable bonds is 9. The summed E-state index contributed by atoms with van der Waals surface area (Å²) < 4.78 is 8.33. The first-order valence-corrected chi connectivity index (χ1v) is 16.7. The Bertz CT molecular complexity index is 1420. The molecule has 214 valence electrons. The normalized spacial score (nSPS) is 16.9. The third-order valence-electron chi connectivity index (χ3n) is 8.22. The highest BCUT2D eigenvalue weighted by molar-refractivity contribution is 6.74. The van der Waals surface area contributed by atoms with Crippen LogP contribution in [-0.4, -0.2) is 71.2 Å². The Morgan fingerprint density at radius 1 is 1.15 bits per heavy atom. The van der Waals surface area contributed by atoms with Gasteiger partial charge in [-0.2, -0.15) is 4.98 Å². The van der Waals surface area contributed by atoms with Crippen molar-refractivity contribution >= 4 is 48.9 Å². The van der Waals surface area contributed by atoms with Gasteiger partial charge in [-0.25, -0.2) is 4.52 Å². The average molecular weight is 566 g/mol. The van der Waals surface area contributed by atoms with Gasteiger partial charge in [-0.05, 0) is 50.0 Å². The van der Waals surface area contributed by atoms with E-state index in [4.69, 9.17) is 4.43 Å². The molecular weight excluding hydrogens is 526 g/mol. The zero-order valence-corrected chi connectivity index (χ0v) is 25.3. The maximum atomic E-state index is 12.4. The van der Waals surface area contributed by atoms with Crippen molar-refractivity contribution in [3.8, 4) is 0 Å². The molecule has 40 heavy (non-hydrogen) atoms. The second-order valence-electron chi connectivity index (χ2n) is 12.3. The summed E-state index contributed by atoms with van der Waals surface area (Å²) in [4.78, 5) is 31.5. The number of hydrogen-bond acceptors (Lipinski definition) is 9. The minimum Gasteiger partial charge on any atom is -0.414 e. The fourth-order valence-corrected chi connectivity index (χ4v) is 5.87. The second-order valence-corrected chi connectivity index (χ2v) is 17.1. The lowest BCUT2D eigenvalue weighted by Gasteiger charge is -2.47. The van der Waals surface area contributed by atoms with Crippen LogP contribution >= 0.6 is 0 Å². The molecule has 0 spiro atoms. The molecule has 13 heteroatoms. The van der Waals surface area contributed by atoms with Gasteiger partial charge in [0.2, 0.25) is 11.9 Å². The highest BCUT2D eigenvalue weighted by atomic mass is 28.4. The Hall–Kier alpha value is -3.58. The van der Waals surface area contributed by atoms with Crippen LogP contribution in [0.15, 0.2) is 24.4 Å². The van der Waals surface area contributed by atoms with E-state index in [2.05, 4.69) is 81.9 Å². The number of nitrogens with zero attached hydrogens (tertiary/aromatic N) is 6. The summed E-state index contributed by atoms with van der Waals surface area (Å²) in [5, 5.41) is 21.2. The van der Waals surface area contributed by atoms with Crippen LogP contribution in [-0.2, 0) is 9.22 Å². The number of amides is 2. The van der Waals surface area contributed by atoms with Crippen LogP contribution in [0.4, 0.5) is 23.1 Å². The van der Waals surface area contributed by atoms with Gasteiger partial charge in [0.15, 0.2) is 25.5 Å². The van der Waals surface area contributed by atoms with E-state index in [0.29, 0.717) is 23.2 Å². The molecule has 1 saturated heterocycles. The zero-order chi connectivity index (χ0) is 28.8. The Labute approximate surface area is 235 Å². The van der Waals surface area contributed by atoms with Crippen molar-refractivity contribution in [1.29, 1.82) is 0 Å². The van der Waals surface area contributed by atoms with Gasteiger partial charge in [0.05, 0.1) is 17.6 Å². The van der Waals surface area contributed by atoms with Crippen molar-refractivity contribution in [2.24, 2.45) is 11.8 Å². The van der Waals surface area contributed by atoms with Crippen LogP contribution in [0.3, 0.4) is 0 Å². The molecule has 2 fully saturated rings. The lowest BCUT2D eigenvalue weighted by molar-refractivity contribution is -0.117. The van der Waals surface area contributed by atoms with E-state index in [0.717, 1.165) is 31.6 Å². The smallest absolute Gasteiger partial charge is 0.273 e. The monoisotopic (exact) mass is 565 g/mol. The van der Waals surface area contributed by atoms with Gasteiger partial charge in [0.1, 0.15) is 0 Å². The molecule has 1 aliphatic carbocycles. The van der Waals surface area contributed by atoms with Gasteiger partial charge in [-0.15, -0.1) is 15.3 Å². The Kier molecular flexibility index (Phi) is 7.29. The minimum atomic E-state index is -1.81. The summed E-state index contributed by atoms with van der Waals surface area (Å²) in [6.45, 7) is 15.5. The Morgan fingerprint density at radius 2 is 1.88 bits per heavy atom. The molecule has 3 aromatic rings. The number of carbonyl (C=O) groups excluding carboxylic acids is 2. The number of anilines is 4. The predicted octanol–water partition coefficient (Wildman–Crippen LogP) is 3.82. The molecule has 1 aliphatic heterocycles. The van der Waals surface area contributed by atoms with Crippen LogP contribution < -0.4 is 20.9 Å². The fraction of sp³-hybridized carbons (Fsp3) is 0.556. The molecule has 4 heterocycles. The number of nitrogens with one attached hydrogen (secondary N) is 3. The molecule has 2 aliphatic rings. The van der Waals surface area contributed by atoms with Crippen LogP contribution in [0.2, 0.25) is 18.1 Å². The van der Waals surface area contributed by atoms with Gasteiger partial charge < -0.3 is 25.3 Å². The second kappa shape index (κ2) is 10.4. The standard InChI is InChI=1S/C27H39N9O3Si/c1-16(39-40(6,7)27(2,3)4)18-13-35(14-18)19-10-11-22-31-26(34-36(22)15-19)29-20-12-21(30-24(37)17-8-9-17)32-33-23(20)25(38)28-5/h10-12,15-18H,8-9,13-14H2,1-7H3,(H,28,38)(H2,29,30,32,34,37). The number of carbonyl (C=O) groups is 2. The SMILES string of the molecule is CNC(=O)c1nnc(NC(=O)C2CC2)cc1Nc1nc2ccc(N3CC(C(C)O[Si](C)(C)C(C)(C)C)C3)cn2n1. The third-order valence-corrected chi connectivity index (χ3v) is 12.8.